The zero-order valence-corrected chi connectivity index (χ0v) is 16.6. The largest absolute Gasteiger partial charge is 0.494 e. The van der Waals surface area contributed by atoms with Gasteiger partial charge in [0.2, 0.25) is 5.16 Å². The standard InChI is InChI=1S/C20H19N5O2S/c1-12-8-9-18(27-3)16(10-12)25-20(22-23-24-25)28-11-17(26)19-13(2)21-15-7-5-4-6-14(15)19/h4-10,21H,11H2,1-3H3. The Morgan fingerprint density at radius 2 is 2.04 bits per heavy atom. The van der Waals surface area contributed by atoms with Crippen molar-refractivity contribution in [2.24, 2.45) is 0 Å². The van der Waals surface area contributed by atoms with Gasteiger partial charge in [-0.05, 0) is 48.0 Å². The SMILES string of the molecule is COc1ccc(C)cc1-n1nnnc1SCC(=O)c1c(C)[nH]c2ccccc12. The highest BCUT2D eigenvalue weighted by Gasteiger charge is 2.19. The van der Waals surface area contributed by atoms with Crippen LogP contribution in [0.4, 0.5) is 0 Å². The van der Waals surface area contributed by atoms with Crippen molar-refractivity contribution in [3.05, 3.63) is 59.3 Å². The summed E-state index contributed by atoms with van der Waals surface area (Å²) in [7, 11) is 1.61. The van der Waals surface area contributed by atoms with E-state index < -0.39 is 0 Å². The third kappa shape index (κ3) is 3.27. The maximum Gasteiger partial charge on any atom is 0.214 e. The normalized spacial score (nSPS) is 11.1. The number of benzene rings is 2. The van der Waals surface area contributed by atoms with Crippen molar-refractivity contribution < 1.29 is 9.53 Å². The summed E-state index contributed by atoms with van der Waals surface area (Å²) >= 11 is 1.31. The van der Waals surface area contributed by atoms with E-state index in [9.17, 15) is 4.79 Å². The lowest BCUT2D eigenvalue weighted by atomic mass is 10.1. The molecule has 0 atom stereocenters. The van der Waals surface area contributed by atoms with Gasteiger partial charge in [-0.1, -0.05) is 36.0 Å². The fourth-order valence-electron chi connectivity index (χ4n) is 3.22. The molecule has 28 heavy (non-hydrogen) atoms. The minimum absolute atomic E-state index is 0.0331. The summed E-state index contributed by atoms with van der Waals surface area (Å²) < 4.78 is 7.03. The van der Waals surface area contributed by atoms with Gasteiger partial charge in [-0.2, -0.15) is 4.68 Å². The average Bonchev–Trinajstić information content (AvgIpc) is 3.29. The maximum atomic E-state index is 12.9. The number of thioether (sulfide) groups is 1. The van der Waals surface area contributed by atoms with Crippen LogP contribution < -0.4 is 4.74 Å². The number of hydrogen-bond donors (Lipinski definition) is 1. The number of Topliss-reactive ketones (excluding diaryl/α,β-unsaturated/α-hetero) is 1. The highest BCUT2D eigenvalue weighted by molar-refractivity contribution is 7.99. The van der Waals surface area contributed by atoms with Crippen LogP contribution in [0.2, 0.25) is 0 Å². The Morgan fingerprint density at radius 1 is 1.21 bits per heavy atom. The van der Waals surface area contributed by atoms with Gasteiger partial charge in [-0.25, -0.2) is 0 Å². The number of aromatic amines is 1. The Morgan fingerprint density at radius 3 is 2.86 bits per heavy atom. The Labute approximate surface area is 166 Å². The summed E-state index contributed by atoms with van der Waals surface area (Å²) in [4.78, 5) is 16.2. The number of fused-ring (bicyclic) bond motifs is 1. The van der Waals surface area contributed by atoms with E-state index in [1.54, 1.807) is 11.8 Å². The van der Waals surface area contributed by atoms with Crippen molar-refractivity contribution in [2.45, 2.75) is 19.0 Å². The molecule has 1 N–H and O–H groups in total. The second-order valence-electron chi connectivity index (χ2n) is 6.43. The molecule has 8 heteroatoms. The zero-order chi connectivity index (χ0) is 19.7. The molecule has 0 fully saturated rings. The van der Waals surface area contributed by atoms with Crippen molar-refractivity contribution in [3.63, 3.8) is 0 Å². The van der Waals surface area contributed by atoms with Crippen LogP contribution in [0, 0.1) is 13.8 Å². The molecule has 0 unspecified atom stereocenters. The molecule has 0 bridgehead atoms. The van der Waals surface area contributed by atoms with Crippen LogP contribution in [0.15, 0.2) is 47.6 Å². The third-order valence-corrected chi connectivity index (χ3v) is 5.43. The van der Waals surface area contributed by atoms with Gasteiger partial charge in [-0.3, -0.25) is 4.79 Å². The Hall–Kier alpha value is -3.13. The molecule has 142 valence electrons. The number of H-pyrrole nitrogens is 1. The molecule has 4 aromatic rings. The molecule has 0 aliphatic rings. The number of aromatic nitrogens is 5. The summed E-state index contributed by atoms with van der Waals surface area (Å²) in [5.41, 5.74) is 4.35. The van der Waals surface area contributed by atoms with Crippen LogP contribution in [0.1, 0.15) is 21.6 Å². The highest BCUT2D eigenvalue weighted by Crippen LogP contribution is 2.28. The topological polar surface area (TPSA) is 85.7 Å². The minimum Gasteiger partial charge on any atom is -0.494 e. The van der Waals surface area contributed by atoms with Gasteiger partial charge in [-0.15, -0.1) is 5.10 Å². The van der Waals surface area contributed by atoms with E-state index in [0.717, 1.165) is 33.4 Å². The van der Waals surface area contributed by atoms with Crippen LogP contribution in [0.25, 0.3) is 16.6 Å². The summed E-state index contributed by atoms with van der Waals surface area (Å²) in [6, 6.07) is 13.6. The van der Waals surface area contributed by atoms with E-state index in [0.29, 0.717) is 10.9 Å². The molecule has 0 saturated heterocycles. The molecule has 2 aromatic heterocycles. The molecule has 0 amide bonds. The lowest BCUT2D eigenvalue weighted by Crippen LogP contribution is -2.07. The lowest BCUT2D eigenvalue weighted by Gasteiger charge is -2.10. The third-order valence-electron chi connectivity index (χ3n) is 4.51. The number of ether oxygens (including phenoxy) is 1. The number of methoxy groups -OCH3 is 1. The van der Waals surface area contributed by atoms with E-state index in [1.165, 1.54) is 11.8 Å². The van der Waals surface area contributed by atoms with Gasteiger partial charge in [0.05, 0.1) is 12.9 Å². The summed E-state index contributed by atoms with van der Waals surface area (Å²) in [6.45, 7) is 3.91. The first kappa shape index (κ1) is 18.2. The van der Waals surface area contributed by atoms with Crippen molar-refractivity contribution >= 4 is 28.4 Å². The van der Waals surface area contributed by atoms with Crippen LogP contribution in [-0.2, 0) is 0 Å². The van der Waals surface area contributed by atoms with Gasteiger partial charge in [0.25, 0.3) is 0 Å². The average molecular weight is 393 g/mol. The fourth-order valence-corrected chi connectivity index (χ4v) is 3.98. The second-order valence-corrected chi connectivity index (χ2v) is 7.37. The number of tetrazole rings is 1. The van der Waals surface area contributed by atoms with E-state index in [2.05, 4.69) is 20.5 Å². The molecule has 2 heterocycles. The zero-order valence-electron chi connectivity index (χ0n) is 15.8. The van der Waals surface area contributed by atoms with Crippen LogP contribution in [-0.4, -0.2) is 43.8 Å². The van der Waals surface area contributed by atoms with Gasteiger partial charge in [0, 0.05) is 22.2 Å². The predicted molar refractivity (Wildman–Crippen MR) is 109 cm³/mol. The number of aryl methyl sites for hydroxylation is 2. The van der Waals surface area contributed by atoms with Crippen molar-refractivity contribution in [3.8, 4) is 11.4 Å². The molecule has 0 saturated carbocycles. The van der Waals surface area contributed by atoms with Gasteiger partial charge < -0.3 is 9.72 Å². The Bertz CT molecular complexity index is 1160. The quantitative estimate of drug-likeness (QED) is 0.397. The molecular formula is C20H19N5O2S. The minimum atomic E-state index is 0.0331. The molecule has 2 aromatic carbocycles. The number of ketones is 1. The van der Waals surface area contributed by atoms with Crippen LogP contribution >= 0.6 is 11.8 Å². The number of rotatable bonds is 6. The van der Waals surface area contributed by atoms with E-state index in [-0.39, 0.29) is 11.5 Å². The van der Waals surface area contributed by atoms with Gasteiger partial charge in [0.15, 0.2) is 5.78 Å². The van der Waals surface area contributed by atoms with Gasteiger partial charge >= 0.3 is 0 Å². The van der Waals surface area contributed by atoms with Crippen molar-refractivity contribution in [1.29, 1.82) is 0 Å². The smallest absolute Gasteiger partial charge is 0.214 e. The van der Waals surface area contributed by atoms with Gasteiger partial charge in [0.1, 0.15) is 11.4 Å². The van der Waals surface area contributed by atoms with E-state index >= 15 is 0 Å². The van der Waals surface area contributed by atoms with Crippen LogP contribution in [0.3, 0.4) is 0 Å². The predicted octanol–water partition coefficient (Wildman–Crippen LogP) is 3.74. The lowest BCUT2D eigenvalue weighted by molar-refractivity contribution is 0.102. The van der Waals surface area contributed by atoms with Crippen LogP contribution in [0.5, 0.6) is 5.75 Å². The fraction of sp³-hybridized carbons (Fsp3) is 0.200. The molecule has 4 rings (SSSR count). The number of carbonyl (C=O) groups is 1. The first-order valence-electron chi connectivity index (χ1n) is 8.75. The Kier molecular flexibility index (Phi) is 4.87. The maximum absolute atomic E-state index is 12.9. The Balaban J connectivity index is 1.60. The summed E-state index contributed by atoms with van der Waals surface area (Å²) in [5, 5.41) is 13.4. The molecule has 0 radical (unpaired) electrons. The van der Waals surface area contributed by atoms with Crippen molar-refractivity contribution in [2.75, 3.05) is 12.9 Å². The second kappa shape index (κ2) is 7.47. The summed E-state index contributed by atoms with van der Waals surface area (Å²) in [5.74, 6) is 0.932. The van der Waals surface area contributed by atoms with Crippen molar-refractivity contribution in [1.82, 2.24) is 25.2 Å². The number of hydrogen-bond acceptors (Lipinski definition) is 6. The molecule has 0 aliphatic carbocycles. The monoisotopic (exact) mass is 393 g/mol. The highest BCUT2D eigenvalue weighted by atomic mass is 32.2. The first-order chi connectivity index (χ1) is 13.6. The molecular weight excluding hydrogens is 374 g/mol. The first-order valence-corrected chi connectivity index (χ1v) is 9.73. The number of nitrogens with one attached hydrogen (secondary N) is 1. The molecule has 0 aliphatic heterocycles. The van der Waals surface area contributed by atoms with E-state index in [1.807, 2.05) is 56.3 Å². The number of nitrogens with zero attached hydrogens (tertiary/aromatic N) is 4. The number of carbonyl (C=O) groups excluding carboxylic acids is 1. The number of para-hydroxylation sites is 1. The van der Waals surface area contributed by atoms with E-state index in [4.69, 9.17) is 4.74 Å². The molecule has 7 nitrogen and oxygen atoms in total. The molecule has 0 spiro atoms. The summed E-state index contributed by atoms with van der Waals surface area (Å²) in [6.07, 6.45) is 0.